The Hall–Kier alpha value is -1.49. The van der Waals surface area contributed by atoms with Gasteiger partial charge in [-0.2, -0.15) is 0 Å². The highest BCUT2D eigenvalue weighted by atomic mass is 19.2. The van der Waals surface area contributed by atoms with Gasteiger partial charge in [0, 0.05) is 11.6 Å². The summed E-state index contributed by atoms with van der Waals surface area (Å²) in [4.78, 5) is 11.5. The van der Waals surface area contributed by atoms with E-state index in [-0.39, 0.29) is 17.7 Å². The number of carbonyl (C=O) groups excluding carboxylic acids is 1. The van der Waals surface area contributed by atoms with E-state index in [1.807, 2.05) is 0 Å². The first-order valence-electron chi connectivity index (χ1n) is 5.00. The minimum absolute atomic E-state index is 0.0735. The van der Waals surface area contributed by atoms with E-state index in [9.17, 15) is 13.6 Å². The van der Waals surface area contributed by atoms with Gasteiger partial charge in [-0.3, -0.25) is 4.79 Å². The van der Waals surface area contributed by atoms with E-state index < -0.39 is 17.5 Å². The summed E-state index contributed by atoms with van der Waals surface area (Å²) in [6, 6.07) is 2.93. The number of nitrogens with one attached hydrogen (secondary N) is 1. The summed E-state index contributed by atoms with van der Waals surface area (Å²) in [5, 5.41) is 11.6. The van der Waals surface area contributed by atoms with Gasteiger partial charge >= 0.3 is 0 Å². The number of carbonyl (C=O) groups is 1. The van der Waals surface area contributed by atoms with Crippen LogP contribution in [0.5, 0.6) is 0 Å². The molecule has 16 heavy (non-hydrogen) atoms. The molecular weight excluding hydrogens is 216 g/mol. The smallest absolute Gasteiger partial charge is 0.251 e. The van der Waals surface area contributed by atoms with Crippen LogP contribution in [-0.4, -0.2) is 23.2 Å². The summed E-state index contributed by atoms with van der Waals surface area (Å²) in [5.41, 5.74) is 0.0836. The van der Waals surface area contributed by atoms with Gasteiger partial charge in [0.2, 0.25) is 0 Å². The Labute approximate surface area is 91.1 Å². The number of hydrogen-bond acceptors (Lipinski definition) is 2. The molecular formula is C11H11F2NO2. The summed E-state index contributed by atoms with van der Waals surface area (Å²) in [6.45, 7) is 0. The van der Waals surface area contributed by atoms with Crippen LogP contribution < -0.4 is 5.32 Å². The Morgan fingerprint density at radius 2 is 2.00 bits per heavy atom. The first kappa shape index (κ1) is 11.0. The number of aliphatic hydroxyl groups is 1. The molecule has 0 bridgehead atoms. The summed E-state index contributed by atoms with van der Waals surface area (Å²) in [7, 11) is 0. The second kappa shape index (κ2) is 4.17. The Morgan fingerprint density at radius 1 is 1.31 bits per heavy atom. The predicted octanol–water partition coefficient (Wildman–Crippen LogP) is 1.22. The number of rotatable bonds is 2. The largest absolute Gasteiger partial charge is 0.393 e. The number of aliphatic hydroxyl groups excluding tert-OH is 1. The average Bonchev–Trinajstić information content (AvgIpc) is 2.19. The van der Waals surface area contributed by atoms with Gasteiger partial charge in [-0.1, -0.05) is 0 Å². The number of amides is 1. The molecule has 0 atom stereocenters. The third kappa shape index (κ3) is 2.19. The van der Waals surface area contributed by atoms with Crippen LogP contribution in [-0.2, 0) is 0 Å². The Balaban J connectivity index is 2.01. The predicted molar refractivity (Wildman–Crippen MR) is 52.9 cm³/mol. The second-order valence-corrected chi connectivity index (χ2v) is 3.92. The van der Waals surface area contributed by atoms with E-state index in [0.29, 0.717) is 12.8 Å². The summed E-state index contributed by atoms with van der Waals surface area (Å²) >= 11 is 0. The van der Waals surface area contributed by atoms with Crippen LogP contribution in [0, 0.1) is 11.6 Å². The molecule has 2 rings (SSSR count). The van der Waals surface area contributed by atoms with Crippen LogP contribution in [0.15, 0.2) is 18.2 Å². The SMILES string of the molecule is O=C(NC1CC(O)C1)c1ccc(F)c(F)c1. The van der Waals surface area contributed by atoms with Gasteiger partial charge in [0.05, 0.1) is 6.10 Å². The van der Waals surface area contributed by atoms with Gasteiger partial charge < -0.3 is 10.4 Å². The molecule has 0 aliphatic heterocycles. The molecule has 86 valence electrons. The van der Waals surface area contributed by atoms with Crippen molar-refractivity contribution < 1.29 is 18.7 Å². The van der Waals surface area contributed by atoms with Crippen molar-refractivity contribution in [3.05, 3.63) is 35.4 Å². The number of hydrogen-bond donors (Lipinski definition) is 2. The molecule has 1 amide bonds. The quantitative estimate of drug-likeness (QED) is 0.798. The normalized spacial score (nSPS) is 23.7. The molecule has 1 fully saturated rings. The van der Waals surface area contributed by atoms with E-state index in [1.54, 1.807) is 0 Å². The lowest BCUT2D eigenvalue weighted by Crippen LogP contribution is -2.46. The standard InChI is InChI=1S/C11H11F2NO2/c12-9-2-1-6(3-10(9)13)11(16)14-7-4-8(15)5-7/h1-3,7-8,15H,4-5H2,(H,14,16). The highest BCUT2D eigenvalue weighted by Crippen LogP contribution is 2.20. The lowest BCUT2D eigenvalue weighted by molar-refractivity contribution is 0.0562. The van der Waals surface area contributed by atoms with Crippen molar-refractivity contribution in [3.63, 3.8) is 0 Å². The molecule has 1 aliphatic rings. The maximum atomic E-state index is 12.8. The van der Waals surface area contributed by atoms with Crippen molar-refractivity contribution in [2.24, 2.45) is 0 Å². The third-order valence-electron chi connectivity index (χ3n) is 2.63. The van der Waals surface area contributed by atoms with E-state index in [2.05, 4.69) is 5.32 Å². The second-order valence-electron chi connectivity index (χ2n) is 3.92. The van der Waals surface area contributed by atoms with E-state index in [1.165, 1.54) is 6.07 Å². The molecule has 1 aliphatic carbocycles. The molecule has 0 aromatic heterocycles. The van der Waals surface area contributed by atoms with Crippen molar-refractivity contribution in [3.8, 4) is 0 Å². The van der Waals surface area contributed by atoms with Gasteiger partial charge in [0.25, 0.3) is 5.91 Å². The van der Waals surface area contributed by atoms with Crippen molar-refractivity contribution in [1.29, 1.82) is 0 Å². The Bertz CT molecular complexity index is 416. The molecule has 1 saturated carbocycles. The van der Waals surface area contributed by atoms with Gasteiger partial charge in [0.15, 0.2) is 11.6 Å². The summed E-state index contributed by atoms with van der Waals surface area (Å²) in [5.74, 6) is -2.47. The van der Waals surface area contributed by atoms with Crippen LogP contribution in [0.1, 0.15) is 23.2 Å². The highest BCUT2D eigenvalue weighted by molar-refractivity contribution is 5.94. The molecule has 0 unspecified atom stereocenters. The van der Waals surface area contributed by atoms with Crippen molar-refractivity contribution in [2.75, 3.05) is 0 Å². The Morgan fingerprint density at radius 3 is 2.56 bits per heavy atom. The van der Waals surface area contributed by atoms with Crippen LogP contribution in [0.3, 0.4) is 0 Å². The van der Waals surface area contributed by atoms with Crippen LogP contribution in [0.4, 0.5) is 8.78 Å². The lowest BCUT2D eigenvalue weighted by Gasteiger charge is -2.31. The lowest BCUT2D eigenvalue weighted by atomic mass is 9.89. The first-order chi connectivity index (χ1) is 7.56. The van der Waals surface area contributed by atoms with Crippen molar-refractivity contribution in [1.82, 2.24) is 5.32 Å². The maximum Gasteiger partial charge on any atom is 0.251 e. The average molecular weight is 227 g/mol. The maximum absolute atomic E-state index is 12.8. The monoisotopic (exact) mass is 227 g/mol. The van der Waals surface area contributed by atoms with E-state index >= 15 is 0 Å². The zero-order valence-corrected chi connectivity index (χ0v) is 8.41. The van der Waals surface area contributed by atoms with Gasteiger partial charge in [-0.15, -0.1) is 0 Å². The first-order valence-corrected chi connectivity index (χ1v) is 5.00. The number of benzene rings is 1. The Kier molecular flexibility index (Phi) is 2.87. The van der Waals surface area contributed by atoms with E-state index in [0.717, 1.165) is 12.1 Å². The molecule has 0 radical (unpaired) electrons. The number of halogens is 2. The van der Waals surface area contributed by atoms with Gasteiger partial charge in [0.1, 0.15) is 0 Å². The third-order valence-corrected chi connectivity index (χ3v) is 2.63. The molecule has 1 aromatic rings. The zero-order chi connectivity index (χ0) is 11.7. The van der Waals surface area contributed by atoms with Crippen molar-refractivity contribution in [2.45, 2.75) is 25.0 Å². The molecule has 2 N–H and O–H groups in total. The molecule has 0 saturated heterocycles. The minimum atomic E-state index is -1.04. The van der Waals surface area contributed by atoms with Crippen molar-refractivity contribution >= 4 is 5.91 Å². The van der Waals surface area contributed by atoms with Crippen LogP contribution >= 0.6 is 0 Å². The molecule has 1 aromatic carbocycles. The molecule has 0 heterocycles. The highest BCUT2D eigenvalue weighted by Gasteiger charge is 2.28. The fourth-order valence-electron chi connectivity index (χ4n) is 1.61. The topological polar surface area (TPSA) is 49.3 Å². The molecule has 5 heteroatoms. The zero-order valence-electron chi connectivity index (χ0n) is 8.41. The van der Waals surface area contributed by atoms with Crippen LogP contribution in [0.25, 0.3) is 0 Å². The summed E-state index contributed by atoms with van der Waals surface area (Å²) in [6.07, 6.45) is 0.653. The van der Waals surface area contributed by atoms with Crippen LogP contribution in [0.2, 0.25) is 0 Å². The van der Waals surface area contributed by atoms with Gasteiger partial charge in [-0.05, 0) is 31.0 Å². The van der Waals surface area contributed by atoms with Gasteiger partial charge in [-0.25, -0.2) is 8.78 Å². The molecule has 0 spiro atoms. The van der Waals surface area contributed by atoms with E-state index in [4.69, 9.17) is 5.11 Å². The summed E-state index contributed by atoms with van der Waals surface area (Å²) < 4.78 is 25.5. The minimum Gasteiger partial charge on any atom is -0.393 e. The molecule has 3 nitrogen and oxygen atoms in total. The fourth-order valence-corrected chi connectivity index (χ4v) is 1.61. The fraction of sp³-hybridized carbons (Fsp3) is 0.364.